The fraction of sp³-hybridized carbons (Fsp3) is 0.300. The number of hydrogen-bond donors (Lipinski definition) is 0. The third-order valence-corrected chi connectivity index (χ3v) is 2.82. The van der Waals surface area contributed by atoms with E-state index in [-0.39, 0.29) is 0 Å². The van der Waals surface area contributed by atoms with Crippen LogP contribution in [-0.4, -0.2) is 12.9 Å². The molecule has 0 radical (unpaired) electrons. The summed E-state index contributed by atoms with van der Waals surface area (Å²) >= 11 is 9.10. The first kappa shape index (κ1) is 11.5. The summed E-state index contributed by atoms with van der Waals surface area (Å²) in [4.78, 5) is 10.7. The van der Waals surface area contributed by atoms with E-state index in [4.69, 9.17) is 16.3 Å². The van der Waals surface area contributed by atoms with Crippen molar-refractivity contribution in [3.05, 3.63) is 27.2 Å². The molecule has 0 saturated heterocycles. The summed E-state index contributed by atoms with van der Waals surface area (Å²) in [6.07, 6.45) is 1.64. The highest BCUT2D eigenvalue weighted by molar-refractivity contribution is 9.10. The molecule has 0 amide bonds. The minimum absolute atomic E-state index is 0.427. The maximum atomic E-state index is 10.7. The van der Waals surface area contributed by atoms with Crippen molar-refractivity contribution >= 4 is 33.8 Å². The average Bonchev–Trinajstić information content (AvgIpc) is 2.18. The number of halogens is 2. The van der Waals surface area contributed by atoms with Gasteiger partial charge in [-0.05, 0) is 34.5 Å². The standard InChI is InChI=1S/C10H10BrClO2/c1-2-5-14-9-4-3-8(12)7(6-13)10(9)11/h3-4,6H,2,5H2,1H3. The zero-order valence-corrected chi connectivity index (χ0v) is 10.1. The first-order valence-electron chi connectivity index (χ1n) is 4.26. The van der Waals surface area contributed by atoms with E-state index >= 15 is 0 Å². The summed E-state index contributed by atoms with van der Waals surface area (Å²) in [5.74, 6) is 0.651. The van der Waals surface area contributed by atoms with Gasteiger partial charge in [-0.25, -0.2) is 0 Å². The number of benzene rings is 1. The lowest BCUT2D eigenvalue weighted by Gasteiger charge is -2.08. The Bertz CT molecular complexity index is 339. The lowest BCUT2D eigenvalue weighted by Crippen LogP contribution is -1.97. The molecule has 0 atom stereocenters. The molecule has 0 heterocycles. The van der Waals surface area contributed by atoms with Gasteiger partial charge in [0.1, 0.15) is 5.75 Å². The largest absolute Gasteiger partial charge is 0.492 e. The molecule has 0 unspecified atom stereocenters. The SMILES string of the molecule is CCCOc1ccc(Cl)c(C=O)c1Br. The van der Waals surface area contributed by atoms with Crippen LogP contribution in [0.25, 0.3) is 0 Å². The number of carbonyl (C=O) groups excluding carboxylic acids is 1. The van der Waals surface area contributed by atoms with E-state index in [1.165, 1.54) is 0 Å². The van der Waals surface area contributed by atoms with E-state index in [0.29, 0.717) is 33.7 Å². The van der Waals surface area contributed by atoms with Crippen molar-refractivity contribution in [2.45, 2.75) is 13.3 Å². The van der Waals surface area contributed by atoms with Gasteiger partial charge in [-0.1, -0.05) is 18.5 Å². The van der Waals surface area contributed by atoms with E-state index in [2.05, 4.69) is 15.9 Å². The van der Waals surface area contributed by atoms with Gasteiger partial charge in [-0.15, -0.1) is 0 Å². The van der Waals surface area contributed by atoms with Crippen LogP contribution in [0.1, 0.15) is 23.7 Å². The highest BCUT2D eigenvalue weighted by atomic mass is 79.9. The molecule has 1 aromatic rings. The first-order valence-corrected chi connectivity index (χ1v) is 5.43. The molecule has 0 aliphatic heterocycles. The van der Waals surface area contributed by atoms with E-state index in [1.54, 1.807) is 12.1 Å². The van der Waals surface area contributed by atoms with Crippen molar-refractivity contribution in [2.75, 3.05) is 6.61 Å². The number of rotatable bonds is 4. The zero-order chi connectivity index (χ0) is 10.6. The Morgan fingerprint density at radius 2 is 2.29 bits per heavy atom. The van der Waals surface area contributed by atoms with Crippen molar-refractivity contribution in [2.24, 2.45) is 0 Å². The number of carbonyl (C=O) groups is 1. The molecule has 4 heteroatoms. The summed E-state index contributed by atoms with van der Waals surface area (Å²) in [6, 6.07) is 3.40. The Morgan fingerprint density at radius 3 is 2.86 bits per heavy atom. The molecule has 0 saturated carbocycles. The van der Waals surface area contributed by atoms with Gasteiger partial charge in [0, 0.05) is 0 Å². The van der Waals surface area contributed by atoms with Crippen LogP contribution in [0.15, 0.2) is 16.6 Å². The third kappa shape index (κ3) is 2.49. The minimum atomic E-state index is 0.427. The van der Waals surface area contributed by atoms with Crippen molar-refractivity contribution < 1.29 is 9.53 Å². The predicted octanol–water partition coefficient (Wildman–Crippen LogP) is 3.70. The van der Waals surface area contributed by atoms with Gasteiger partial charge in [-0.2, -0.15) is 0 Å². The lowest BCUT2D eigenvalue weighted by atomic mass is 10.2. The molecule has 0 aliphatic carbocycles. The topological polar surface area (TPSA) is 26.3 Å². The number of hydrogen-bond acceptors (Lipinski definition) is 2. The third-order valence-electron chi connectivity index (χ3n) is 1.67. The van der Waals surface area contributed by atoms with Crippen LogP contribution in [0.2, 0.25) is 5.02 Å². The average molecular weight is 278 g/mol. The second-order valence-corrected chi connectivity index (χ2v) is 3.94. The normalized spacial score (nSPS) is 9.93. The van der Waals surface area contributed by atoms with Crippen molar-refractivity contribution in [1.29, 1.82) is 0 Å². The van der Waals surface area contributed by atoms with Crippen molar-refractivity contribution in [3.63, 3.8) is 0 Å². The Balaban J connectivity index is 3.02. The van der Waals surface area contributed by atoms with Crippen LogP contribution in [0.4, 0.5) is 0 Å². The number of ether oxygens (including phenoxy) is 1. The second-order valence-electron chi connectivity index (χ2n) is 2.74. The molecule has 0 fully saturated rings. The van der Waals surface area contributed by atoms with Crippen LogP contribution in [0.5, 0.6) is 5.75 Å². The minimum Gasteiger partial charge on any atom is -0.492 e. The van der Waals surface area contributed by atoms with Crippen molar-refractivity contribution in [1.82, 2.24) is 0 Å². The van der Waals surface area contributed by atoms with Gasteiger partial charge in [-0.3, -0.25) is 4.79 Å². The monoisotopic (exact) mass is 276 g/mol. The zero-order valence-electron chi connectivity index (χ0n) is 7.72. The molecular formula is C10H10BrClO2. The summed E-state index contributed by atoms with van der Waals surface area (Å²) < 4.78 is 6.04. The van der Waals surface area contributed by atoms with E-state index < -0.39 is 0 Å². The van der Waals surface area contributed by atoms with Gasteiger partial charge >= 0.3 is 0 Å². The van der Waals surface area contributed by atoms with Crippen molar-refractivity contribution in [3.8, 4) is 5.75 Å². The molecule has 0 aromatic heterocycles. The molecule has 76 valence electrons. The molecule has 0 N–H and O–H groups in total. The molecule has 1 aromatic carbocycles. The highest BCUT2D eigenvalue weighted by Gasteiger charge is 2.09. The fourth-order valence-corrected chi connectivity index (χ4v) is 1.85. The first-order chi connectivity index (χ1) is 6.70. The quantitative estimate of drug-likeness (QED) is 0.784. The maximum absolute atomic E-state index is 10.7. The van der Waals surface area contributed by atoms with E-state index in [9.17, 15) is 4.79 Å². The Kier molecular flexibility index (Phi) is 4.42. The van der Waals surface area contributed by atoms with Crippen LogP contribution in [0.3, 0.4) is 0 Å². The lowest BCUT2D eigenvalue weighted by molar-refractivity contribution is 0.112. The Hall–Kier alpha value is -0.540. The van der Waals surface area contributed by atoms with Crippen LogP contribution >= 0.6 is 27.5 Å². The van der Waals surface area contributed by atoms with E-state index in [1.807, 2.05) is 6.92 Å². The van der Waals surface area contributed by atoms with Gasteiger partial charge < -0.3 is 4.74 Å². The molecule has 0 bridgehead atoms. The van der Waals surface area contributed by atoms with E-state index in [0.717, 1.165) is 6.42 Å². The molecule has 0 spiro atoms. The summed E-state index contributed by atoms with van der Waals surface area (Å²) in [5, 5.41) is 0.427. The smallest absolute Gasteiger partial charge is 0.152 e. The van der Waals surface area contributed by atoms with Gasteiger partial charge in [0.05, 0.1) is 21.7 Å². The molecule has 0 aliphatic rings. The van der Waals surface area contributed by atoms with Gasteiger partial charge in [0.15, 0.2) is 6.29 Å². The number of aldehydes is 1. The molecule has 14 heavy (non-hydrogen) atoms. The van der Waals surface area contributed by atoms with Crippen LogP contribution < -0.4 is 4.74 Å². The molecule has 2 nitrogen and oxygen atoms in total. The second kappa shape index (κ2) is 5.37. The van der Waals surface area contributed by atoms with Gasteiger partial charge in [0.25, 0.3) is 0 Å². The van der Waals surface area contributed by atoms with Crippen LogP contribution in [0, 0.1) is 0 Å². The van der Waals surface area contributed by atoms with Crippen LogP contribution in [-0.2, 0) is 0 Å². The fourth-order valence-electron chi connectivity index (χ4n) is 0.981. The Morgan fingerprint density at radius 1 is 1.57 bits per heavy atom. The predicted molar refractivity (Wildman–Crippen MR) is 60.3 cm³/mol. The highest BCUT2D eigenvalue weighted by Crippen LogP contribution is 2.32. The summed E-state index contributed by atoms with van der Waals surface area (Å²) in [7, 11) is 0. The van der Waals surface area contributed by atoms with Gasteiger partial charge in [0.2, 0.25) is 0 Å². The Labute approximate surface area is 96.3 Å². The molecular weight excluding hydrogens is 267 g/mol. The maximum Gasteiger partial charge on any atom is 0.152 e. The molecule has 1 rings (SSSR count). The summed E-state index contributed by atoms with van der Waals surface area (Å²) in [5.41, 5.74) is 0.431. The summed E-state index contributed by atoms with van der Waals surface area (Å²) in [6.45, 7) is 2.64.